The van der Waals surface area contributed by atoms with Gasteiger partial charge in [0.25, 0.3) is 0 Å². The molecule has 6 aromatic rings. The molecule has 0 heterocycles. The van der Waals surface area contributed by atoms with Crippen molar-refractivity contribution in [3.8, 4) is 34.5 Å². The number of aromatic carboxylic acids is 2. The Morgan fingerprint density at radius 3 is 1.42 bits per heavy atom. The molecule has 0 aliphatic rings. The molecule has 278 valence electrons. The van der Waals surface area contributed by atoms with Crippen molar-refractivity contribution in [1.29, 1.82) is 0 Å². The molecule has 0 unspecified atom stereocenters. The molecule has 10 nitrogen and oxygen atoms in total. The van der Waals surface area contributed by atoms with Gasteiger partial charge in [0.2, 0.25) is 0 Å². The Labute approximate surface area is 318 Å². The van der Waals surface area contributed by atoms with Crippen molar-refractivity contribution in [3.05, 3.63) is 178 Å². The second kappa shape index (κ2) is 16.4. The van der Waals surface area contributed by atoms with E-state index in [1.54, 1.807) is 79.7 Å². The lowest BCUT2D eigenvalue weighted by molar-refractivity contribution is -0.217. The molecular formula is C45H38O10. The third-order valence-corrected chi connectivity index (χ3v) is 8.97. The van der Waals surface area contributed by atoms with Crippen LogP contribution in [0.2, 0.25) is 0 Å². The molecule has 0 saturated heterocycles. The first kappa shape index (κ1) is 37.8. The summed E-state index contributed by atoms with van der Waals surface area (Å²) in [6, 6.07) is 38.7. The van der Waals surface area contributed by atoms with Gasteiger partial charge >= 0.3 is 17.9 Å². The number of hydrogen-bond acceptors (Lipinski definition) is 8. The Kier molecular flexibility index (Phi) is 11.3. The molecule has 0 bridgehead atoms. The Hall–Kier alpha value is -6.91. The molecule has 0 spiro atoms. The van der Waals surface area contributed by atoms with E-state index in [2.05, 4.69) is 13.8 Å². The maximum Gasteiger partial charge on any atom is 0.344 e. The molecule has 0 fully saturated rings. The van der Waals surface area contributed by atoms with Crippen LogP contribution in [0.25, 0.3) is 0 Å². The van der Waals surface area contributed by atoms with Crippen LogP contribution in [0.3, 0.4) is 0 Å². The zero-order chi connectivity index (χ0) is 39.1. The van der Waals surface area contributed by atoms with Crippen LogP contribution >= 0.6 is 0 Å². The minimum atomic E-state index is -1.20. The summed E-state index contributed by atoms with van der Waals surface area (Å²) in [5.41, 5.74) is 4.05. The van der Waals surface area contributed by atoms with Crippen molar-refractivity contribution in [1.82, 2.24) is 0 Å². The lowest BCUT2D eigenvalue weighted by Crippen LogP contribution is -2.18. The first-order chi connectivity index (χ1) is 26.3. The Morgan fingerprint density at radius 1 is 0.509 bits per heavy atom. The maximum absolute atomic E-state index is 12.7. The van der Waals surface area contributed by atoms with Crippen LogP contribution in [-0.2, 0) is 16.9 Å². The largest absolute Gasteiger partial charge is 0.478 e. The summed E-state index contributed by atoms with van der Waals surface area (Å²) in [6.45, 7) is 7.90. The van der Waals surface area contributed by atoms with Crippen molar-refractivity contribution >= 4 is 17.9 Å². The standard InChI is InChI=1S/C45H38O10/c1-28-5-23-39(42(46)47)30(25-28)27-51-55-38-21-19-36(20-22-38)53-34-13-9-32(10-14-34)45(3,4)31-7-11-33(12-8-31)52-35-15-17-37(18-16-35)54-44(50)41-26-29(2)6-24-40(41)43(48)49/h5-26H,27H2,1-4H3,(H,46,47)(H,48,49). The molecule has 0 aliphatic heterocycles. The molecule has 0 aliphatic carbocycles. The molecule has 0 amide bonds. The van der Waals surface area contributed by atoms with E-state index in [-0.39, 0.29) is 34.5 Å². The smallest absolute Gasteiger partial charge is 0.344 e. The summed E-state index contributed by atoms with van der Waals surface area (Å²) in [6.07, 6.45) is 0. The molecule has 2 N–H and O–H groups in total. The quantitative estimate of drug-likeness (QED) is 0.0480. The van der Waals surface area contributed by atoms with Crippen LogP contribution in [-0.4, -0.2) is 28.1 Å². The van der Waals surface area contributed by atoms with E-state index in [0.717, 1.165) is 22.3 Å². The highest BCUT2D eigenvalue weighted by Crippen LogP contribution is 2.35. The van der Waals surface area contributed by atoms with Crippen LogP contribution in [0.4, 0.5) is 0 Å². The first-order valence-corrected chi connectivity index (χ1v) is 17.3. The average Bonchev–Trinajstić information content (AvgIpc) is 3.16. The molecule has 0 saturated carbocycles. The van der Waals surface area contributed by atoms with Crippen molar-refractivity contribution in [3.63, 3.8) is 0 Å². The highest BCUT2D eigenvalue weighted by molar-refractivity contribution is 6.03. The topological polar surface area (TPSA) is 138 Å². The van der Waals surface area contributed by atoms with Gasteiger partial charge in [0.1, 0.15) is 35.4 Å². The van der Waals surface area contributed by atoms with Crippen LogP contribution < -0.4 is 19.1 Å². The second-order valence-electron chi connectivity index (χ2n) is 13.4. The SMILES string of the molecule is Cc1ccc(C(=O)O)c(COOc2ccc(Oc3ccc(C(C)(C)c4ccc(Oc5ccc(OC(=O)c6cc(C)ccc6C(=O)O)cc5)cc4)cc3)cc2)c1. The van der Waals surface area contributed by atoms with E-state index in [1.165, 1.54) is 12.1 Å². The Balaban J connectivity index is 1.01. The Bertz CT molecular complexity index is 2310. The molecular weight excluding hydrogens is 700 g/mol. The number of ether oxygens (including phenoxy) is 3. The van der Waals surface area contributed by atoms with Crippen LogP contribution in [0, 0.1) is 13.8 Å². The zero-order valence-corrected chi connectivity index (χ0v) is 30.6. The highest BCUT2D eigenvalue weighted by atomic mass is 17.2. The van der Waals surface area contributed by atoms with Gasteiger partial charge in [0.05, 0.1) is 16.7 Å². The predicted octanol–water partition coefficient (Wildman–Crippen LogP) is 10.3. The number of esters is 1. The number of aryl methyl sites for hydroxylation is 2. The number of carboxylic acids is 2. The summed E-state index contributed by atoms with van der Waals surface area (Å²) in [7, 11) is 0. The fourth-order valence-electron chi connectivity index (χ4n) is 5.84. The highest BCUT2D eigenvalue weighted by Gasteiger charge is 2.24. The number of hydrogen-bond donors (Lipinski definition) is 2. The van der Waals surface area contributed by atoms with E-state index in [0.29, 0.717) is 34.3 Å². The van der Waals surface area contributed by atoms with E-state index < -0.39 is 17.9 Å². The third kappa shape index (κ3) is 9.37. The van der Waals surface area contributed by atoms with Gasteiger partial charge in [-0.05, 0) is 122 Å². The monoisotopic (exact) mass is 738 g/mol. The minimum absolute atomic E-state index is 0.0167. The number of carbonyl (C=O) groups excluding carboxylic acids is 1. The zero-order valence-electron chi connectivity index (χ0n) is 30.6. The van der Waals surface area contributed by atoms with Crippen LogP contribution in [0.5, 0.6) is 34.5 Å². The molecule has 6 aromatic carbocycles. The van der Waals surface area contributed by atoms with Gasteiger partial charge < -0.3 is 29.3 Å². The maximum atomic E-state index is 12.7. The average molecular weight is 739 g/mol. The van der Waals surface area contributed by atoms with Gasteiger partial charge in [-0.1, -0.05) is 67.4 Å². The predicted molar refractivity (Wildman–Crippen MR) is 205 cm³/mol. The Morgan fingerprint density at radius 2 is 0.927 bits per heavy atom. The summed E-state index contributed by atoms with van der Waals surface area (Å²) < 4.78 is 17.5. The number of rotatable bonds is 14. The molecule has 6 rings (SSSR count). The van der Waals surface area contributed by atoms with Gasteiger partial charge in [-0.3, -0.25) is 0 Å². The van der Waals surface area contributed by atoms with E-state index in [9.17, 15) is 24.6 Å². The number of carboxylic acid groups (broad SMARTS) is 2. The van der Waals surface area contributed by atoms with Gasteiger partial charge in [0.15, 0.2) is 5.75 Å². The summed E-state index contributed by atoms with van der Waals surface area (Å²) >= 11 is 0. The number of benzene rings is 6. The summed E-state index contributed by atoms with van der Waals surface area (Å²) in [5.74, 6) is 0.144. The van der Waals surface area contributed by atoms with Crippen LogP contribution in [0.1, 0.15) is 72.7 Å². The molecule has 0 radical (unpaired) electrons. The van der Waals surface area contributed by atoms with Crippen molar-refractivity contribution in [2.75, 3.05) is 0 Å². The van der Waals surface area contributed by atoms with Crippen LogP contribution in [0.15, 0.2) is 133 Å². The molecule has 10 heteroatoms. The van der Waals surface area contributed by atoms with Gasteiger partial charge in [-0.25, -0.2) is 14.4 Å². The normalized spacial score (nSPS) is 11.1. The number of carbonyl (C=O) groups is 3. The lowest BCUT2D eigenvalue weighted by atomic mass is 9.78. The molecule has 0 aromatic heterocycles. The molecule has 55 heavy (non-hydrogen) atoms. The first-order valence-electron chi connectivity index (χ1n) is 17.3. The second-order valence-corrected chi connectivity index (χ2v) is 13.4. The minimum Gasteiger partial charge on any atom is -0.478 e. The van der Waals surface area contributed by atoms with Crippen molar-refractivity contribution in [2.24, 2.45) is 0 Å². The fourth-order valence-corrected chi connectivity index (χ4v) is 5.84. The lowest BCUT2D eigenvalue weighted by Gasteiger charge is -2.26. The van der Waals surface area contributed by atoms with E-state index >= 15 is 0 Å². The van der Waals surface area contributed by atoms with Crippen molar-refractivity contribution in [2.45, 2.75) is 39.7 Å². The van der Waals surface area contributed by atoms with Gasteiger partial charge in [-0.2, -0.15) is 4.89 Å². The van der Waals surface area contributed by atoms with Crippen molar-refractivity contribution < 1.29 is 48.6 Å². The van der Waals surface area contributed by atoms with Gasteiger partial charge in [0, 0.05) is 5.41 Å². The van der Waals surface area contributed by atoms with E-state index in [1.807, 2.05) is 55.5 Å². The third-order valence-electron chi connectivity index (χ3n) is 8.97. The van der Waals surface area contributed by atoms with Gasteiger partial charge in [-0.15, -0.1) is 0 Å². The summed E-state index contributed by atoms with van der Waals surface area (Å²) in [4.78, 5) is 46.5. The summed E-state index contributed by atoms with van der Waals surface area (Å²) in [5, 5.41) is 18.9. The fraction of sp³-hybridized carbons (Fsp3) is 0.133. The molecule has 0 atom stereocenters. The van der Waals surface area contributed by atoms with E-state index in [4.69, 9.17) is 24.0 Å².